The predicted molar refractivity (Wildman–Crippen MR) is 63.1 cm³/mol. The summed E-state index contributed by atoms with van der Waals surface area (Å²) in [6.07, 6.45) is 6.16. The van der Waals surface area contributed by atoms with Crippen LogP contribution in [0.3, 0.4) is 0 Å². The summed E-state index contributed by atoms with van der Waals surface area (Å²) in [5.41, 5.74) is -0.974. The van der Waals surface area contributed by atoms with Crippen molar-refractivity contribution >= 4 is 10.1 Å². The van der Waals surface area contributed by atoms with E-state index in [1.807, 2.05) is 0 Å². The highest BCUT2D eigenvalue weighted by Gasteiger charge is 2.42. The standard InChI is InChI=1S/C10H17N3O4S/c1-18(15,16)17-5-9-3-2-4-10(9,14)6-13-8-11-7-12-13/h7-9,14H,2-6H2,1H3. The Labute approximate surface area is 106 Å². The number of rotatable bonds is 5. The lowest BCUT2D eigenvalue weighted by Crippen LogP contribution is -2.40. The van der Waals surface area contributed by atoms with Crippen LogP contribution >= 0.6 is 0 Å². The first kappa shape index (κ1) is 13.4. The lowest BCUT2D eigenvalue weighted by Gasteiger charge is -2.29. The van der Waals surface area contributed by atoms with Crippen molar-refractivity contribution in [2.45, 2.75) is 31.4 Å². The van der Waals surface area contributed by atoms with E-state index in [2.05, 4.69) is 10.1 Å². The van der Waals surface area contributed by atoms with Crippen LogP contribution in [-0.4, -0.2) is 46.8 Å². The Bertz CT molecular complexity index is 487. The molecule has 1 heterocycles. The van der Waals surface area contributed by atoms with Crippen LogP contribution in [0.4, 0.5) is 0 Å². The second-order valence-electron chi connectivity index (χ2n) is 4.77. The molecule has 0 aromatic carbocycles. The third kappa shape index (κ3) is 3.27. The normalized spacial score (nSPS) is 28.7. The van der Waals surface area contributed by atoms with E-state index in [0.29, 0.717) is 13.0 Å². The highest BCUT2D eigenvalue weighted by Crippen LogP contribution is 2.37. The van der Waals surface area contributed by atoms with Gasteiger partial charge in [-0.1, -0.05) is 6.42 Å². The van der Waals surface area contributed by atoms with E-state index < -0.39 is 15.7 Å². The summed E-state index contributed by atoms with van der Waals surface area (Å²) in [5.74, 6) is -0.198. The zero-order valence-electron chi connectivity index (χ0n) is 10.2. The van der Waals surface area contributed by atoms with Gasteiger partial charge in [-0.25, -0.2) is 4.98 Å². The zero-order chi connectivity index (χ0) is 13.2. The molecule has 0 radical (unpaired) electrons. The summed E-state index contributed by atoms with van der Waals surface area (Å²) in [5, 5.41) is 14.5. The molecule has 0 amide bonds. The fourth-order valence-corrected chi connectivity index (χ4v) is 2.79. The van der Waals surface area contributed by atoms with Gasteiger partial charge in [-0.05, 0) is 12.8 Å². The highest BCUT2D eigenvalue weighted by molar-refractivity contribution is 7.85. The Morgan fingerprint density at radius 1 is 1.61 bits per heavy atom. The van der Waals surface area contributed by atoms with Gasteiger partial charge < -0.3 is 5.11 Å². The van der Waals surface area contributed by atoms with Crippen molar-refractivity contribution in [1.29, 1.82) is 0 Å². The molecule has 1 aromatic rings. The third-order valence-corrected chi connectivity index (χ3v) is 3.87. The molecule has 1 aliphatic carbocycles. The smallest absolute Gasteiger partial charge is 0.264 e. The van der Waals surface area contributed by atoms with E-state index in [0.717, 1.165) is 19.1 Å². The van der Waals surface area contributed by atoms with Gasteiger partial charge in [0.15, 0.2) is 0 Å². The summed E-state index contributed by atoms with van der Waals surface area (Å²) in [7, 11) is -3.47. The third-order valence-electron chi connectivity index (χ3n) is 3.31. The molecule has 1 N–H and O–H groups in total. The van der Waals surface area contributed by atoms with Crippen LogP contribution in [-0.2, 0) is 20.8 Å². The average Bonchev–Trinajstić information content (AvgIpc) is 2.85. The molecule has 2 unspecified atom stereocenters. The molecule has 102 valence electrons. The van der Waals surface area contributed by atoms with Crippen molar-refractivity contribution < 1.29 is 17.7 Å². The number of aromatic nitrogens is 3. The lowest BCUT2D eigenvalue weighted by molar-refractivity contribution is -0.0301. The topological polar surface area (TPSA) is 94.3 Å². The van der Waals surface area contributed by atoms with Crippen molar-refractivity contribution in [2.24, 2.45) is 5.92 Å². The minimum absolute atomic E-state index is 0.0179. The van der Waals surface area contributed by atoms with Gasteiger partial charge in [0.25, 0.3) is 10.1 Å². The first-order valence-electron chi connectivity index (χ1n) is 5.78. The first-order valence-corrected chi connectivity index (χ1v) is 7.60. The van der Waals surface area contributed by atoms with Crippen LogP contribution in [0, 0.1) is 5.92 Å². The molecule has 0 bridgehead atoms. The van der Waals surface area contributed by atoms with Crippen LogP contribution in [0.25, 0.3) is 0 Å². The molecule has 0 spiro atoms. The Balaban J connectivity index is 2.01. The SMILES string of the molecule is CS(=O)(=O)OCC1CCCC1(O)Cn1cncn1. The molecule has 2 atom stereocenters. The minimum Gasteiger partial charge on any atom is -0.388 e. The Morgan fingerprint density at radius 2 is 2.39 bits per heavy atom. The average molecular weight is 275 g/mol. The fraction of sp³-hybridized carbons (Fsp3) is 0.800. The Hall–Kier alpha value is -0.990. The minimum atomic E-state index is -3.47. The molecule has 1 saturated carbocycles. The monoisotopic (exact) mass is 275 g/mol. The molecule has 2 rings (SSSR count). The molecule has 0 aliphatic heterocycles. The first-order chi connectivity index (χ1) is 8.39. The van der Waals surface area contributed by atoms with Crippen molar-refractivity contribution in [2.75, 3.05) is 12.9 Å². The van der Waals surface area contributed by atoms with Crippen LogP contribution < -0.4 is 0 Å². The van der Waals surface area contributed by atoms with Crippen LogP contribution in [0.2, 0.25) is 0 Å². The quantitative estimate of drug-likeness (QED) is 0.747. The van der Waals surface area contributed by atoms with Gasteiger partial charge in [-0.3, -0.25) is 8.86 Å². The second-order valence-corrected chi connectivity index (χ2v) is 6.42. The molecule has 1 fully saturated rings. The lowest BCUT2D eigenvalue weighted by atomic mass is 9.91. The van der Waals surface area contributed by atoms with E-state index in [4.69, 9.17) is 4.18 Å². The molecule has 0 saturated heterocycles. The van der Waals surface area contributed by atoms with E-state index in [9.17, 15) is 13.5 Å². The van der Waals surface area contributed by atoms with E-state index >= 15 is 0 Å². The maximum atomic E-state index is 11.0. The van der Waals surface area contributed by atoms with Gasteiger partial charge in [-0.2, -0.15) is 13.5 Å². The fourth-order valence-electron chi connectivity index (χ4n) is 2.37. The second kappa shape index (κ2) is 4.94. The van der Waals surface area contributed by atoms with E-state index in [-0.39, 0.29) is 12.5 Å². The molecule has 1 aromatic heterocycles. The number of hydrogen-bond acceptors (Lipinski definition) is 6. The largest absolute Gasteiger partial charge is 0.388 e. The van der Waals surface area contributed by atoms with E-state index in [1.165, 1.54) is 12.7 Å². The maximum Gasteiger partial charge on any atom is 0.264 e. The van der Waals surface area contributed by atoms with Gasteiger partial charge in [0.2, 0.25) is 0 Å². The van der Waals surface area contributed by atoms with Crippen molar-refractivity contribution in [1.82, 2.24) is 14.8 Å². The molecule has 1 aliphatic rings. The summed E-state index contributed by atoms with van der Waals surface area (Å²) in [6, 6.07) is 0. The summed E-state index contributed by atoms with van der Waals surface area (Å²) in [6.45, 7) is 0.328. The van der Waals surface area contributed by atoms with Crippen molar-refractivity contribution in [3.8, 4) is 0 Å². The summed E-state index contributed by atoms with van der Waals surface area (Å²) >= 11 is 0. The van der Waals surface area contributed by atoms with Gasteiger partial charge in [0.05, 0.1) is 25.0 Å². The Kier molecular flexibility index (Phi) is 3.69. The number of hydrogen-bond donors (Lipinski definition) is 1. The van der Waals surface area contributed by atoms with Crippen LogP contribution in [0.15, 0.2) is 12.7 Å². The van der Waals surface area contributed by atoms with Gasteiger partial charge in [0, 0.05) is 5.92 Å². The molecule has 8 heteroatoms. The van der Waals surface area contributed by atoms with E-state index in [1.54, 1.807) is 4.68 Å². The van der Waals surface area contributed by atoms with Crippen molar-refractivity contribution in [3.05, 3.63) is 12.7 Å². The number of aliphatic hydroxyl groups is 1. The van der Waals surface area contributed by atoms with Crippen molar-refractivity contribution in [3.63, 3.8) is 0 Å². The van der Waals surface area contributed by atoms with Crippen LogP contribution in [0.1, 0.15) is 19.3 Å². The zero-order valence-corrected chi connectivity index (χ0v) is 11.0. The predicted octanol–water partition coefficient (Wildman–Crippen LogP) is -0.215. The number of nitrogens with zero attached hydrogens (tertiary/aromatic N) is 3. The molecule has 7 nitrogen and oxygen atoms in total. The summed E-state index contributed by atoms with van der Waals surface area (Å²) in [4.78, 5) is 3.82. The summed E-state index contributed by atoms with van der Waals surface area (Å²) < 4.78 is 28.3. The van der Waals surface area contributed by atoms with Gasteiger partial charge >= 0.3 is 0 Å². The highest BCUT2D eigenvalue weighted by atomic mass is 32.2. The molecular weight excluding hydrogens is 258 g/mol. The maximum absolute atomic E-state index is 11.0. The van der Waals surface area contributed by atoms with Gasteiger partial charge in [0.1, 0.15) is 12.7 Å². The van der Waals surface area contributed by atoms with Gasteiger partial charge in [-0.15, -0.1) is 0 Å². The Morgan fingerprint density at radius 3 is 3.00 bits per heavy atom. The molecule has 18 heavy (non-hydrogen) atoms. The molecular formula is C10H17N3O4S. The van der Waals surface area contributed by atoms with Crippen LogP contribution in [0.5, 0.6) is 0 Å².